The van der Waals surface area contributed by atoms with Gasteiger partial charge in [0.05, 0.1) is 17.7 Å². The molecule has 0 amide bonds. The van der Waals surface area contributed by atoms with Crippen LogP contribution in [0.1, 0.15) is 29.2 Å². The molecule has 1 unspecified atom stereocenters. The molecule has 0 radical (unpaired) electrons. The van der Waals surface area contributed by atoms with Crippen molar-refractivity contribution in [3.8, 4) is 5.75 Å². The predicted octanol–water partition coefficient (Wildman–Crippen LogP) is 5.55. The fourth-order valence-corrected chi connectivity index (χ4v) is 3.17. The van der Waals surface area contributed by atoms with E-state index >= 15 is 0 Å². The minimum absolute atomic E-state index is 0.159. The van der Waals surface area contributed by atoms with E-state index in [-0.39, 0.29) is 6.04 Å². The predicted molar refractivity (Wildman–Crippen MR) is 88.9 cm³/mol. The molecule has 21 heavy (non-hydrogen) atoms. The molecule has 1 aliphatic rings. The third-order valence-corrected chi connectivity index (χ3v) is 4.41. The van der Waals surface area contributed by atoms with Crippen molar-refractivity contribution in [1.82, 2.24) is 0 Å². The Hall–Kier alpha value is -1.38. The zero-order valence-corrected chi connectivity index (χ0v) is 13.6. The van der Waals surface area contributed by atoms with Gasteiger partial charge in [0, 0.05) is 22.7 Å². The van der Waals surface area contributed by atoms with E-state index in [0.717, 1.165) is 23.4 Å². The van der Waals surface area contributed by atoms with Crippen molar-refractivity contribution in [1.29, 1.82) is 0 Å². The topological polar surface area (TPSA) is 21.3 Å². The summed E-state index contributed by atoms with van der Waals surface area (Å²) in [5, 5.41) is 4.77. The standard InChI is InChI=1S/C17H17Cl2NO/c1-10-3-4-13(7-11(10)2)20-16-5-6-21-17-14(16)8-12(18)9-15(17)19/h3-4,7-9,16,20H,5-6H2,1-2H3. The van der Waals surface area contributed by atoms with E-state index in [1.165, 1.54) is 11.1 Å². The largest absolute Gasteiger partial charge is 0.492 e. The second kappa shape index (κ2) is 5.78. The molecule has 0 spiro atoms. The Morgan fingerprint density at radius 2 is 1.90 bits per heavy atom. The van der Waals surface area contributed by atoms with Crippen LogP contribution in [-0.4, -0.2) is 6.61 Å². The lowest BCUT2D eigenvalue weighted by Crippen LogP contribution is -2.20. The van der Waals surface area contributed by atoms with E-state index in [9.17, 15) is 0 Å². The van der Waals surface area contributed by atoms with Crippen LogP contribution in [0.3, 0.4) is 0 Å². The van der Waals surface area contributed by atoms with E-state index in [1.54, 1.807) is 6.07 Å². The minimum Gasteiger partial charge on any atom is -0.492 e. The number of ether oxygens (including phenoxy) is 1. The third-order valence-electron chi connectivity index (χ3n) is 3.91. The molecule has 2 nitrogen and oxygen atoms in total. The highest BCUT2D eigenvalue weighted by molar-refractivity contribution is 6.35. The maximum absolute atomic E-state index is 6.22. The van der Waals surface area contributed by atoms with Crippen LogP contribution in [0, 0.1) is 13.8 Å². The summed E-state index contributed by atoms with van der Waals surface area (Å²) in [4.78, 5) is 0. The average Bonchev–Trinajstić information content (AvgIpc) is 2.44. The first-order valence-electron chi connectivity index (χ1n) is 7.00. The van der Waals surface area contributed by atoms with Gasteiger partial charge in [0.15, 0.2) is 0 Å². The molecule has 0 bridgehead atoms. The molecule has 2 aromatic carbocycles. The normalized spacial score (nSPS) is 17.0. The quantitative estimate of drug-likeness (QED) is 0.783. The summed E-state index contributed by atoms with van der Waals surface area (Å²) in [6.45, 7) is 4.88. The van der Waals surface area contributed by atoms with E-state index in [0.29, 0.717) is 16.7 Å². The van der Waals surface area contributed by atoms with Crippen molar-refractivity contribution >= 4 is 28.9 Å². The first kappa shape index (κ1) is 14.6. The van der Waals surface area contributed by atoms with Gasteiger partial charge in [0.25, 0.3) is 0 Å². The molecule has 0 saturated carbocycles. The number of benzene rings is 2. The molecule has 0 fully saturated rings. The molecule has 0 aliphatic carbocycles. The average molecular weight is 322 g/mol. The second-order valence-corrected chi connectivity index (χ2v) is 6.28. The van der Waals surface area contributed by atoms with Gasteiger partial charge in [-0.2, -0.15) is 0 Å². The SMILES string of the molecule is Cc1ccc(NC2CCOc3c(Cl)cc(Cl)cc32)cc1C. The van der Waals surface area contributed by atoms with Gasteiger partial charge in [-0.05, 0) is 49.2 Å². The number of nitrogens with one attached hydrogen (secondary N) is 1. The zero-order valence-electron chi connectivity index (χ0n) is 12.0. The van der Waals surface area contributed by atoms with Crippen LogP contribution in [0.25, 0.3) is 0 Å². The Morgan fingerprint density at radius 3 is 2.67 bits per heavy atom. The van der Waals surface area contributed by atoms with Crippen LogP contribution >= 0.6 is 23.2 Å². The summed E-state index contributed by atoms with van der Waals surface area (Å²) in [7, 11) is 0. The lowest BCUT2D eigenvalue weighted by atomic mass is 9.99. The Labute approximate surface area is 135 Å². The molecule has 0 saturated heterocycles. The fraction of sp³-hybridized carbons (Fsp3) is 0.294. The molecule has 3 rings (SSSR count). The summed E-state index contributed by atoms with van der Waals surface area (Å²) in [5.74, 6) is 0.744. The Bertz CT molecular complexity index is 685. The molecular formula is C17H17Cl2NO. The van der Waals surface area contributed by atoms with Crippen LogP contribution in [-0.2, 0) is 0 Å². The van der Waals surface area contributed by atoms with Crippen molar-refractivity contribution in [2.75, 3.05) is 11.9 Å². The third kappa shape index (κ3) is 2.97. The highest BCUT2D eigenvalue weighted by Gasteiger charge is 2.24. The Morgan fingerprint density at radius 1 is 1.10 bits per heavy atom. The highest BCUT2D eigenvalue weighted by atomic mass is 35.5. The minimum atomic E-state index is 0.159. The number of fused-ring (bicyclic) bond motifs is 1. The van der Waals surface area contributed by atoms with E-state index in [1.807, 2.05) is 6.07 Å². The molecule has 1 atom stereocenters. The van der Waals surface area contributed by atoms with Gasteiger partial charge in [-0.1, -0.05) is 29.3 Å². The maximum atomic E-state index is 6.22. The molecule has 4 heteroatoms. The number of rotatable bonds is 2. The Kier molecular flexibility index (Phi) is 4.01. The van der Waals surface area contributed by atoms with Gasteiger partial charge in [-0.15, -0.1) is 0 Å². The van der Waals surface area contributed by atoms with Crippen LogP contribution in [0.5, 0.6) is 5.75 Å². The van der Waals surface area contributed by atoms with E-state index in [4.69, 9.17) is 27.9 Å². The van der Waals surface area contributed by atoms with Crippen molar-refractivity contribution in [2.45, 2.75) is 26.3 Å². The van der Waals surface area contributed by atoms with Gasteiger partial charge in [0.1, 0.15) is 5.75 Å². The van der Waals surface area contributed by atoms with Crippen LogP contribution in [0.15, 0.2) is 30.3 Å². The van der Waals surface area contributed by atoms with Gasteiger partial charge in [0.2, 0.25) is 0 Å². The van der Waals surface area contributed by atoms with Gasteiger partial charge in [-0.3, -0.25) is 0 Å². The molecule has 2 aromatic rings. The van der Waals surface area contributed by atoms with Crippen molar-refractivity contribution in [3.05, 3.63) is 57.1 Å². The first-order valence-corrected chi connectivity index (χ1v) is 7.76. The first-order chi connectivity index (χ1) is 10.0. The summed E-state index contributed by atoms with van der Waals surface area (Å²) >= 11 is 12.4. The summed E-state index contributed by atoms with van der Waals surface area (Å²) in [6, 6.07) is 10.2. The summed E-state index contributed by atoms with van der Waals surface area (Å²) in [6.07, 6.45) is 0.886. The number of halogens is 2. The summed E-state index contributed by atoms with van der Waals surface area (Å²) in [5.41, 5.74) is 4.69. The smallest absolute Gasteiger partial charge is 0.143 e. The van der Waals surface area contributed by atoms with Crippen molar-refractivity contribution in [3.63, 3.8) is 0 Å². The highest BCUT2D eigenvalue weighted by Crippen LogP contribution is 2.41. The number of aryl methyl sites for hydroxylation is 2. The molecular weight excluding hydrogens is 305 g/mol. The molecule has 1 aliphatic heterocycles. The van der Waals surface area contributed by atoms with Crippen LogP contribution in [0.4, 0.5) is 5.69 Å². The zero-order chi connectivity index (χ0) is 15.0. The summed E-state index contributed by atoms with van der Waals surface area (Å²) < 4.78 is 5.69. The number of anilines is 1. The van der Waals surface area contributed by atoms with Gasteiger partial charge < -0.3 is 10.1 Å². The van der Waals surface area contributed by atoms with Crippen LogP contribution in [0.2, 0.25) is 10.0 Å². The molecule has 1 N–H and O–H groups in total. The van der Waals surface area contributed by atoms with Crippen LogP contribution < -0.4 is 10.1 Å². The maximum Gasteiger partial charge on any atom is 0.143 e. The van der Waals surface area contributed by atoms with Gasteiger partial charge in [-0.25, -0.2) is 0 Å². The fourth-order valence-electron chi connectivity index (χ4n) is 2.61. The molecule has 110 valence electrons. The second-order valence-electron chi connectivity index (χ2n) is 5.44. The molecule has 0 aromatic heterocycles. The lowest BCUT2D eigenvalue weighted by molar-refractivity contribution is 0.274. The number of hydrogen-bond donors (Lipinski definition) is 1. The number of hydrogen-bond acceptors (Lipinski definition) is 2. The monoisotopic (exact) mass is 321 g/mol. The van der Waals surface area contributed by atoms with Gasteiger partial charge >= 0.3 is 0 Å². The lowest BCUT2D eigenvalue weighted by Gasteiger charge is -2.28. The molecule has 1 heterocycles. The van der Waals surface area contributed by atoms with E-state index < -0.39 is 0 Å². The van der Waals surface area contributed by atoms with Crippen molar-refractivity contribution in [2.24, 2.45) is 0 Å². The van der Waals surface area contributed by atoms with E-state index in [2.05, 4.69) is 37.4 Å². The Balaban J connectivity index is 1.93. The van der Waals surface area contributed by atoms with Crippen molar-refractivity contribution < 1.29 is 4.74 Å².